The quantitative estimate of drug-likeness (QED) is 0.705. The molecule has 0 fully saturated rings. The van der Waals surface area contributed by atoms with E-state index >= 15 is 0 Å². The summed E-state index contributed by atoms with van der Waals surface area (Å²) in [5, 5.41) is 14.2. The molecule has 0 aliphatic heterocycles. The Balaban J connectivity index is 2.63. The third-order valence-corrected chi connectivity index (χ3v) is 3.86. The SMILES string of the molecule is CCC(C)C(NC(=O)Nc1ccc(SC)cc1)C(=O)O. The van der Waals surface area contributed by atoms with Gasteiger partial charge in [-0.25, -0.2) is 9.59 Å². The minimum atomic E-state index is -1.02. The summed E-state index contributed by atoms with van der Waals surface area (Å²) in [4.78, 5) is 24.0. The molecule has 20 heavy (non-hydrogen) atoms. The highest BCUT2D eigenvalue weighted by atomic mass is 32.2. The number of anilines is 1. The van der Waals surface area contributed by atoms with Gasteiger partial charge >= 0.3 is 12.0 Å². The lowest BCUT2D eigenvalue weighted by atomic mass is 9.99. The molecule has 0 aliphatic carbocycles. The van der Waals surface area contributed by atoms with Crippen molar-refractivity contribution in [1.29, 1.82) is 0 Å². The van der Waals surface area contributed by atoms with E-state index < -0.39 is 18.0 Å². The molecular weight excluding hydrogens is 276 g/mol. The van der Waals surface area contributed by atoms with Gasteiger partial charge in [-0.1, -0.05) is 20.3 Å². The molecule has 0 bridgehead atoms. The number of carbonyl (C=O) groups excluding carboxylic acids is 1. The smallest absolute Gasteiger partial charge is 0.326 e. The molecule has 0 saturated heterocycles. The Bertz CT molecular complexity index is 462. The van der Waals surface area contributed by atoms with Gasteiger partial charge in [-0.3, -0.25) is 0 Å². The van der Waals surface area contributed by atoms with E-state index in [9.17, 15) is 9.59 Å². The molecule has 2 unspecified atom stereocenters. The fourth-order valence-electron chi connectivity index (χ4n) is 1.67. The van der Waals surface area contributed by atoms with Gasteiger partial charge < -0.3 is 15.7 Å². The number of nitrogens with one attached hydrogen (secondary N) is 2. The number of hydrogen-bond donors (Lipinski definition) is 3. The molecule has 2 amide bonds. The zero-order valence-corrected chi connectivity index (χ0v) is 12.7. The van der Waals surface area contributed by atoms with Crippen molar-refractivity contribution >= 4 is 29.4 Å². The second-order valence-corrected chi connectivity index (χ2v) is 5.41. The van der Waals surface area contributed by atoms with Crippen LogP contribution in [0.25, 0.3) is 0 Å². The van der Waals surface area contributed by atoms with Gasteiger partial charge in [-0.2, -0.15) is 0 Å². The summed E-state index contributed by atoms with van der Waals surface area (Å²) in [6.45, 7) is 3.69. The highest BCUT2D eigenvalue weighted by Crippen LogP contribution is 2.17. The van der Waals surface area contributed by atoms with Crippen molar-refractivity contribution in [3.05, 3.63) is 24.3 Å². The highest BCUT2D eigenvalue weighted by molar-refractivity contribution is 7.98. The number of amides is 2. The number of benzene rings is 1. The summed E-state index contributed by atoms with van der Waals surface area (Å²) in [6, 6.07) is 5.96. The molecule has 3 N–H and O–H groups in total. The van der Waals surface area contributed by atoms with E-state index in [1.165, 1.54) is 0 Å². The van der Waals surface area contributed by atoms with Crippen LogP contribution in [-0.4, -0.2) is 29.4 Å². The van der Waals surface area contributed by atoms with Crippen molar-refractivity contribution in [2.45, 2.75) is 31.2 Å². The van der Waals surface area contributed by atoms with E-state index in [0.717, 1.165) is 4.90 Å². The lowest BCUT2D eigenvalue weighted by Gasteiger charge is -2.20. The number of aliphatic carboxylic acids is 1. The minimum absolute atomic E-state index is 0.128. The summed E-state index contributed by atoms with van der Waals surface area (Å²) in [5.74, 6) is -1.15. The molecule has 6 heteroatoms. The lowest BCUT2D eigenvalue weighted by molar-refractivity contribution is -0.140. The fourth-order valence-corrected chi connectivity index (χ4v) is 2.07. The number of urea groups is 1. The normalized spacial score (nSPS) is 13.3. The van der Waals surface area contributed by atoms with E-state index in [-0.39, 0.29) is 5.92 Å². The Kier molecular flexibility index (Phi) is 6.38. The van der Waals surface area contributed by atoms with Crippen LogP contribution in [0.2, 0.25) is 0 Å². The standard InChI is InChI=1S/C14H20N2O3S/c1-4-9(2)12(13(17)18)16-14(19)15-10-5-7-11(20-3)8-6-10/h5-9,12H,4H2,1-3H3,(H,17,18)(H2,15,16,19). The van der Waals surface area contributed by atoms with Crippen molar-refractivity contribution in [2.24, 2.45) is 5.92 Å². The number of thioether (sulfide) groups is 1. The third kappa shape index (κ3) is 4.77. The van der Waals surface area contributed by atoms with Gasteiger partial charge in [0.25, 0.3) is 0 Å². The van der Waals surface area contributed by atoms with E-state index in [1.54, 1.807) is 30.8 Å². The first kappa shape index (κ1) is 16.4. The van der Waals surface area contributed by atoms with Crippen LogP contribution in [0, 0.1) is 5.92 Å². The predicted molar refractivity (Wildman–Crippen MR) is 81.3 cm³/mol. The van der Waals surface area contributed by atoms with Gasteiger partial charge in [-0.15, -0.1) is 11.8 Å². The molecule has 0 aliphatic rings. The maximum absolute atomic E-state index is 11.8. The van der Waals surface area contributed by atoms with Crippen molar-refractivity contribution in [3.63, 3.8) is 0 Å². The summed E-state index contributed by atoms with van der Waals surface area (Å²) < 4.78 is 0. The van der Waals surface area contributed by atoms with Crippen LogP contribution >= 0.6 is 11.8 Å². The van der Waals surface area contributed by atoms with E-state index in [0.29, 0.717) is 12.1 Å². The fraction of sp³-hybridized carbons (Fsp3) is 0.429. The van der Waals surface area contributed by atoms with E-state index in [2.05, 4.69) is 10.6 Å². The number of carbonyl (C=O) groups is 2. The number of hydrogen-bond acceptors (Lipinski definition) is 3. The monoisotopic (exact) mass is 296 g/mol. The molecule has 1 aromatic rings. The Labute approximate surface area is 123 Å². The number of carboxylic acid groups (broad SMARTS) is 1. The Morgan fingerprint density at radius 2 is 1.90 bits per heavy atom. The van der Waals surface area contributed by atoms with Crippen molar-refractivity contribution in [2.75, 3.05) is 11.6 Å². The van der Waals surface area contributed by atoms with E-state index in [1.807, 2.05) is 25.3 Å². The van der Waals surface area contributed by atoms with Crippen LogP contribution in [0.3, 0.4) is 0 Å². The minimum Gasteiger partial charge on any atom is -0.480 e. The first-order chi connectivity index (χ1) is 9.47. The van der Waals surface area contributed by atoms with Crippen molar-refractivity contribution in [3.8, 4) is 0 Å². The zero-order chi connectivity index (χ0) is 15.1. The summed E-state index contributed by atoms with van der Waals surface area (Å²) in [5.41, 5.74) is 0.633. The molecule has 0 heterocycles. The van der Waals surface area contributed by atoms with Crippen molar-refractivity contribution in [1.82, 2.24) is 5.32 Å². The van der Waals surface area contributed by atoms with E-state index in [4.69, 9.17) is 5.11 Å². The van der Waals surface area contributed by atoms with Crippen LogP contribution in [0.15, 0.2) is 29.2 Å². The van der Waals surface area contributed by atoms with Gasteiger partial charge in [0.1, 0.15) is 6.04 Å². The summed E-state index contributed by atoms with van der Waals surface area (Å²) in [6.07, 6.45) is 2.65. The van der Waals surface area contributed by atoms with Crippen LogP contribution in [-0.2, 0) is 4.79 Å². The second kappa shape index (κ2) is 7.79. The second-order valence-electron chi connectivity index (χ2n) is 4.53. The number of rotatable bonds is 6. The average molecular weight is 296 g/mol. The molecule has 0 aromatic heterocycles. The van der Waals surface area contributed by atoms with Gasteiger partial charge in [-0.05, 0) is 36.4 Å². The molecule has 1 aromatic carbocycles. The van der Waals surface area contributed by atoms with Gasteiger partial charge in [0, 0.05) is 10.6 Å². The van der Waals surface area contributed by atoms with Crippen molar-refractivity contribution < 1.29 is 14.7 Å². The largest absolute Gasteiger partial charge is 0.480 e. The van der Waals surface area contributed by atoms with Gasteiger partial charge in [0.15, 0.2) is 0 Å². The molecule has 5 nitrogen and oxygen atoms in total. The zero-order valence-electron chi connectivity index (χ0n) is 11.8. The summed E-state index contributed by atoms with van der Waals surface area (Å²) >= 11 is 1.61. The van der Waals surface area contributed by atoms with Crippen LogP contribution in [0.4, 0.5) is 10.5 Å². The maximum Gasteiger partial charge on any atom is 0.326 e. The predicted octanol–water partition coefficient (Wildman–Crippen LogP) is 3.03. The summed E-state index contributed by atoms with van der Waals surface area (Å²) in [7, 11) is 0. The highest BCUT2D eigenvalue weighted by Gasteiger charge is 2.25. The van der Waals surface area contributed by atoms with Crippen LogP contribution < -0.4 is 10.6 Å². The first-order valence-corrected chi connectivity index (χ1v) is 7.64. The Morgan fingerprint density at radius 1 is 1.30 bits per heavy atom. The third-order valence-electron chi connectivity index (χ3n) is 3.11. The lowest BCUT2D eigenvalue weighted by Crippen LogP contribution is -2.46. The molecular formula is C14H20N2O3S. The molecule has 0 spiro atoms. The van der Waals surface area contributed by atoms with Crippen LogP contribution in [0.5, 0.6) is 0 Å². The maximum atomic E-state index is 11.8. The topological polar surface area (TPSA) is 78.4 Å². The van der Waals surface area contributed by atoms with Gasteiger partial charge in [0.05, 0.1) is 0 Å². The van der Waals surface area contributed by atoms with Gasteiger partial charge in [0.2, 0.25) is 0 Å². The molecule has 1 rings (SSSR count). The molecule has 2 atom stereocenters. The Morgan fingerprint density at radius 3 is 2.35 bits per heavy atom. The molecule has 0 radical (unpaired) electrons. The van der Waals surface area contributed by atoms with Crippen LogP contribution in [0.1, 0.15) is 20.3 Å². The number of carboxylic acids is 1. The molecule has 0 saturated carbocycles. The first-order valence-electron chi connectivity index (χ1n) is 6.42. The average Bonchev–Trinajstić information content (AvgIpc) is 2.44. The Hall–Kier alpha value is -1.69. The molecule has 110 valence electrons.